The topological polar surface area (TPSA) is 216 Å². The third-order valence-corrected chi connectivity index (χ3v) is 8.57. The molecule has 1 heterocycles. The van der Waals surface area contributed by atoms with Crippen molar-refractivity contribution in [3.63, 3.8) is 0 Å². The van der Waals surface area contributed by atoms with Crippen molar-refractivity contribution in [2.45, 2.75) is 139 Å². The van der Waals surface area contributed by atoms with Gasteiger partial charge < -0.3 is 59.8 Å². The van der Waals surface area contributed by atoms with E-state index in [2.05, 4.69) is 0 Å². The smallest absolute Gasteiger partial charge is 0.417 e. The lowest BCUT2D eigenvalue weighted by Crippen LogP contribution is -2.63. The zero-order valence-electron chi connectivity index (χ0n) is 24.5. The van der Waals surface area contributed by atoms with Gasteiger partial charge in [0, 0.05) is 13.0 Å². The van der Waals surface area contributed by atoms with E-state index < -0.39 is 97.6 Å². The molecular weight excluding hydrogens is 601 g/mol. The van der Waals surface area contributed by atoms with Gasteiger partial charge in [0.2, 0.25) is 6.29 Å². The standard InChI is InChI=1S/C28H45F3O13/c1-13-6-5-9-16(22(13)43-27-20(36)18(34)19(35)24(44-27)28(29,30)31)42-26(40)21(37)23(15(33)10-11-32)41-17(25(38)39)12-14-7-3-2-4-8-14/h13-20,22,24,26-27,32-37,40H,2-12H2,1H3,(H,38,39)/b23-21+/t13?,15-,16+,17-,18?,19-,20?,22?,24?,26-,27+/m0/s1. The number of hydrogen-bond donors (Lipinski definition) is 8. The maximum absolute atomic E-state index is 13.4. The molecule has 3 fully saturated rings. The van der Waals surface area contributed by atoms with Gasteiger partial charge in [-0.1, -0.05) is 45.4 Å². The van der Waals surface area contributed by atoms with Crippen LogP contribution in [0.5, 0.6) is 0 Å². The molecule has 3 rings (SSSR count). The summed E-state index contributed by atoms with van der Waals surface area (Å²) < 4.78 is 61.9. The molecule has 0 radical (unpaired) electrons. The van der Waals surface area contributed by atoms with Crippen LogP contribution in [-0.2, 0) is 23.7 Å². The average Bonchev–Trinajstić information content (AvgIpc) is 2.96. The number of aliphatic hydroxyl groups excluding tert-OH is 7. The maximum atomic E-state index is 13.4. The van der Waals surface area contributed by atoms with Gasteiger partial charge in [0.15, 0.2) is 30.0 Å². The molecule has 5 unspecified atom stereocenters. The second-order valence-corrected chi connectivity index (χ2v) is 11.9. The fraction of sp³-hybridized carbons (Fsp3) is 0.893. The van der Waals surface area contributed by atoms with E-state index in [1.165, 1.54) is 0 Å². The van der Waals surface area contributed by atoms with Gasteiger partial charge in [0.1, 0.15) is 24.4 Å². The molecule has 0 amide bonds. The Balaban J connectivity index is 1.80. The zero-order valence-corrected chi connectivity index (χ0v) is 24.5. The normalized spacial score (nSPS) is 35.0. The van der Waals surface area contributed by atoms with E-state index in [1.54, 1.807) is 6.92 Å². The molecular formula is C28H45F3O13. The lowest BCUT2D eigenvalue weighted by molar-refractivity contribution is -0.368. The van der Waals surface area contributed by atoms with E-state index in [0.717, 1.165) is 32.1 Å². The maximum Gasteiger partial charge on any atom is 0.417 e. The van der Waals surface area contributed by atoms with Gasteiger partial charge >= 0.3 is 12.1 Å². The lowest BCUT2D eigenvalue weighted by atomic mass is 9.85. The molecule has 1 aliphatic heterocycles. The highest BCUT2D eigenvalue weighted by Gasteiger charge is 2.56. The second-order valence-electron chi connectivity index (χ2n) is 11.9. The van der Waals surface area contributed by atoms with Gasteiger partial charge in [-0.05, 0) is 31.1 Å². The number of alkyl halides is 3. The number of hydrogen-bond acceptors (Lipinski definition) is 12. The zero-order chi connectivity index (χ0) is 32.8. The summed E-state index contributed by atoms with van der Waals surface area (Å²) in [5.41, 5.74) is 0. The summed E-state index contributed by atoms with van der Waals surface area (Å²) in [5.74, 6) is -3.56. The predicted molar refractivity (Wildman–Crippen MR) is 143 cm³/mol. The molecule has 16 heteroatoms. The minimum atomic E-state index is -5.10. The van der Waals surface area contributed by atoms with Crippen LogP contribution in [0, 0.1) is 11.8 Å². The van der Waals surface area contributed by atoms with Gasteiger partial charge in [-0.15, -0.1) is 0 Å². The van der Waals surface area contributed by atoms with E-state index in [-0.39, 0.29) is 25.2 Å². The Labute approximate surface area is 252 Å². The summed E-state index contributed by atoms with van der Waals surface area (Å²) >= 11 is 0. The van der Waals surface area contributed by atoms with Crippen LogP contribution in [0.3, 0.4) is 0 Å². The molecule has 0 aromatic carbocycles. The Hall–Kier alpha value is -1.76. The fourth-order valence-corrected chi connectivity index (χ4v) is 6.08. The van der Waals surface area contributed by atoms with Crippen molar-refractivity contribution < 1.29 is 77.8 Å². The number of carbonyl (C=O) groups is 1. The van der Waals surface area contributed by atoms with Crippen LogP contribution in [0.4, 0.5) is 13.2 Å². The van der Waals surface area contributed by atoms with Crippen molar-refractivity contribution >= 4 is 5.97 Å². The molecule has 3 aliphatic rings. The molecule has 0 aromatic heterocycles. The molecule has 0 bridgehead atoms. The summed E-state index contributed by atoms with van der Waals surface area (Å²) in [6.45, 7) is 1.09. The van der Waals surface area contributed by atoms with E-state index in [4.69, 9.17) is 18.9 Å². The minimum absolute atomic E-state index is 0.0277. The Kier molecular flexibility index (Phi) is 13.5. The molecule has 44 heavy (non-hydrogen) atoms. The number of aliphatic carboxylic acids is 1. The SMILES string of the molecule is CC1CCC[C@@H](O[C@H](O)/C(O)=C(\O[C@@H](CC2CCCCC2)C(=O)O)[C@@H](O)CCO)C1O[C@@H]1OC(C(F)(F)F)[C@@H](O)C(O)C1O. The van der Waals surface area contributed by atoms with Gasteiger partial charge in [0.05, 0.1) is 12.2 Å². The van der Waals surface area contributed by atoms with E-state index in [0.29, 0.717) is 12.8 Å². The second kappa shape index (κ2) is 16.2. The Morgan fingerprint density at radius 2 is 1.61 bits per heavy atom. The first-order valence-corrected chi connectivity index (χ1v) is 15.0. The number of halogens is 3. The molecule has 2 aliphatic carbocycles. The third-order valence-electron chi connectivity index (χ3n) is 8.57. The van der Waals surface area contributed by atoms with Crippen molar-refractivity contribution in [2.24, 2.45) is 11.8 Å². The van der Waals surface area contributed by atoms with E-state index >= 15 is 0 Å². The van der Waals surface area contributed by atoms with Gasteiger partial charge in [-0.2, -0.15) is 13.2 Å². The Bertz CT molecular complexity index is 944. The lowest BCUT2D eigenvalue weighted by Gasteiger charge is -2.44. The van der Waals surface area contributed by atoms with Crippen molar-refractivity contribution in [2.75, 3.05) is 6.61 Å². The minimum Gasteiger partial charge on any atom is -0.505 e. The van der Waals surface area contributed by atoms with Crippen molar-refractivity contribution in [1.29, 1.82) is 0 Å². The largest absolute Gasteiger partial charge is 0.505 e. The molecule has 11 atom stereocenters. The highest BCUT2D eigenvalue weighted by molar-refractivity contribution is 5.72. The number of rotatable bonds is 13. The Morgan fingerprint density at radius 1 is 0.955 bits per heavy atom. The van der Waals surface area contributed by atoms with E-state index in [9.17, 15) is 58.8 Å². The molecule has 1 saturated heterocycles. The van der Waals surface area contributed by atoms with Gasteiger partial charge in [-0.25, -0.2) is 4.79 Å². The summed E-state index contributed by atoms with van der Waals surface area (Å²) in [5, 5.41) is 81.6. The summed E-state index contributed by atoms with van der Waals surface area (Å²) in [4.78, 5) is 12.0. The van der Waals surface area contributed by atoms with Crippen molar-refractivity contribution in [3.8, 4) is 0 Å². The van der Waals surface area contributed by atoms with Crippen LogP contribution < -0.4 is 0 Å². The van der Waals surface area contributed by atoms with E-state index in [1.807, 2.05) is 0 Å². The molecule has 0 spiro atoms. The fourth-order valence-electron chi connectivity index (χ4n) is 6.08. The van der Waals surface area contributed by atoms with Gasteiger partial charge in [0.25, 0.3) is 0 Å². The van der Waals surface area contributed by atoms with Crippen LogP contribution in [-0.4, -0.2) is 121 Å². The molecule has 2 saturated carbocycles. The average molecular weight is 647 g/mol. The molecule has 256 valence electrons. The van der Waals surface area contributed by atoms with Crippen LogP contribution in [0.2, 0.25) is 0 Å². The first kappa shape index (κ1) is 36.7. The molecule has 13 nitrogen and oxygen atoms in total. The first-order chi connectivity index (χ1) is 20.6. The highest BCUT2D eigenvalue weighted by atomic mass is 19.4. The van der Waals surface area contributed by atoms with Crippen LogP contribution in [0.15, 0.2) is 11.5 Å². The summed E-state index contributed by atoms with van der Waals surface area (Å²) in [7, 11) is 0. The van der Waals surface area contributed by atoms with Crippen LogP contribution in [0.25, 0.3) is 0 Å². The monoisotopic (exact) mass is 646 g/mol. The number of ether oxygens (including phenoxy) is 4. The quantitative estimate of drug-likeness (QED) is 0.104. The Morgan fingerprint density at radius 3 is 2.20 bits per heavy atom. The van der Waals surface area contributed by atoms with Crippen LogP contribution in [0.1, 0.15) is 71.1 Å². The summed E-state index contributed by atoms with van der Waals surface area (Å²) in [6, 6.07) is 0. The van der Waals surface area contributed by atoms with Gasteiger partial charge in [-0.3, -0.25) is 0 Å². The summed E-state index contributed by atoms with van der Waals surface area (Å²) in [6.07, 6.45) is -19.2. The third kappa shape index (κ3) is 9.39. The highest BCUT2D eigenvalue weighted by Crippen LogP contribution is 2.37. The van der Waals surface area contributed by atoms with Crippen LogP contribution >= 0.6 is 0 Å². The van der Waals surface area contributed by atoms with Crippen molar-refractivity contribution in [1.82, 2.24) is 0 Å². The number of carboxylic acid groups (broad SMARTS) is 1. The predicted octanol–water partition coefficient (Wildman–Crippen LogP) is 1.22. The molecule has 8 N–H and O–H groups in total. The number of aliphatic hydroxyl groups is 7. The molecule has 0 aromatic rings. The number of carboxylic acids is 1. The first-order valence-electron chi connectivity index (χ1n) is 15.0. The van der Waals surface area contributed by atoms with Crippen molar-refractivity contribution in [3.05, 3.63) is 11.5 Å².